The van der Waals surface area contributed by atoms with Crippen LogP contribution in [0, 0.1) is 5.41 Å². The molecule has 3 aromatic rings. The smallest absolute Gasteiger partial charge is 0.179 e. The molecule has 0 saturated carbocycles. The molecule has 5 rings (SSSR count). The molecular weight excluding hydrogens is 617 g/mol. The summed E-state index contributed by atoms with van der Waals surface area (Å²) in [4.78, 5) is 4.94. The fourth-order valence-corrected chi connectivity index (χ4v) is 9.99. The van der Waals surface area contributed by atoms with Gasteiger partial charge in [-0.3, -0.25) is 4.90 Å². The zero-order valence-electron chi connectivity index (χ0n) is 29.8. The van der Waals surface area contributed by atoms with Crippen molar-refractivity contribution in [2.75, 3.05) is 62.8 Å². The molecule has 4 N–H and O–H groups in total. The van der Waals surface area contributed by atoms with E-state index < -0.39 is 27.3 Å². The first-order valence-electron chi connectivity index (χ1n) is 18.3. The predicted octanol–water partition coefficient (Wildman–Crippen LogP) is 5.82. The van der Waals surface area contributed by atoms with Crippen molar-refractivity contribution >= 4 is 21.2 Å². The number of nitrogens with one attached hydrogen (secondary N) is 1. The fourth-order valence-electron chi connectivity index (χ4n) is 7.79. The third-order valence-electron chi connectivity index (χ3n) is 10.7. The van der Waals surface area contributed by atoms with Crippen LogP contribution >= 0.6 is 0 Å². The Morgan fingerprint density at radius 2 is 1.60 bits per heavy atom. The molecule has 262 valence electrons. The normalized spacial score (nSPS) is 20.5. The van der Waals surface area contributed by atoms with E-state index in [0.717, 1.165) is 49.0 Å². The molecule has 0 bridgehead atoms. The van der Waals surface area contributed by atoms with Crippen LogP contribution in [0.2, 0.25) is 0 Å². The van der Waals surface area contributed by atoms with Crippen LogP contribution in [-0.4, -0.2) is 77.1 Å². The van der Waals surface area contributed by atoms with Crippen molar-refractivity contribution in [2.24, 2.45) is 5.41 Å². The summed E-state index contributed by atoms with van der Waals surface area (Å²) in [6.45, 7) is 11.0. The number of hydrogen-bond acceptors (Lipinski definition) is 6. The minimum Gasteiger partial charge on any atom is -0.392 e. The summed E-state index contributed by atoms with van der Waals surface area (Å²) in [5, 5.41) is 18.6. The summed E-state index contributed by atoms with van der Waals surface area (Å²) >= 11 is 0. The lowest BCUT2D eigenvalue weighted by Crippen LogP contribution is -2.89. The number of anilines is 2. The molecule has 3 aromatic carbocycles. The van der Waals surface area contributed by atoms with Crippen molar-refractivity contribution in [2.45, 2.75) is 88.7 Å². The van der Waals surface area contributed by atoms with Gasteiger partial charge in [0.1, 0.15) is 0 Å². The minimum atomic E-state index is -3.63. The number of sulfone groups is 1. The Balaban J connectivity index is 1.39. The Morgan fingerprint density at radius 3 is 2.27 bits per heavy atom. The Kier molecular flexibility index (Phi) is 12.6. The molecule has 0 aromatic heterocycles. The summed E-state index contributed by atoms with van der Waals surface area (Å²) in [5.41, 5.74) is 5.43. The average molecular weight is 676 g/mol. The van der Waals surface area contributed by atoms with Gasteiger partial charge in [-0.2, -0.15) is 0 Å². The quantitative estimate of drug-likeness (QED) is 0.188. The molecule has 2 heterocycles. The van der Waals surface area contributed by atoms with Gasteiger partial charge in [0, 0.05) is 56.4 Å². The number of nitrogens with two attached hydrogens (primary N) is 1. The highest BCUT2D eigenvalue weighted by atomic mass is 32.2. The van der Waals surface area contributed by atoms with Crippen LogP contribution < -0.4 is 15.5 Å². The van der Waals surface area contributed by atoms with Gasteiger partial charge in [-0.25, -0.2) is 8.42 Å². The summed E-state index contributed by atoms with van der Waals surface area (Å²) < 4.78 is 28.4. The standard InChI is InChI=1S/C40H58N4O3S/c1-5-7-20-40(21-8-6-2)30-48(46,47)37-19-18-35(43(3)4)28-36(37)38(39(40)45)33-12-9-13-34(27-33)42-29-32-16-14-31(15-17-32)11-10-24-44-25-22-41-23-26-44/h9,12-19,27-28,38-39,41-42,45H,5-8,10-11,20-26,29-30H2,1-4H3/p+1/t38-,39-/m1/s1. The van der Waals surface area contributed by atoms with Gasteiger partial charge < -0.3 is 20.6 Å². The number of hydrogen-bond donors (Lipinski definition) is 3. The van der Waals surface area contributed by atoms with E-state index in [-0.39, 0.29) is 5.75 Å². The first kappa shape index (κ1) is 36.4. The van der Waals surface area contributed by atoms with Crippen molar-refractivity contribution < 1.29 is 18.8 Å². The number of benzene rings is 3. The number of quaternary nitrogens is 1. The van der Waals surface area contributed by atoms with Gasteiger partial charge in [0.25, 0.3) is 0 Å². The second-order valence-corrected chi connectivity index (χ2v) is 16.4. The van der Waals surface area contributed by atoms with Gasteiger partial charge in [-0.15, -0.1) is 0 Å². The minimum absolute atomic E-state index is 0.0170. The largest absolute Gasteiger partial charge is 0.392 e. The molecule has 48 heavy (non-hydrogen) atoms. The lowest BCUT2D eigenvalue weighted by atomic mass is 9.68. The van der Waals surface area contributed by atoms with E-state index >= 15 is 0 Å². The van der Waals surface area contributed by atoms with E-state index in [1.165, 1.54) is 50.3 Å². The van der Waals surface area contributed by atoms with Crippen molar-refractivity contribution in [1.82, 2.24) is 4.90 Å². The summed E-state index contributed by atoms with van der Waals surface area (Å²) in [6, 6.07) is 22.9. The van der Waals surface area contributed by atoms with Crippen LogP contribution in [0.25, 0.3) is 0 Å². The molecule has 0 aliphatic carbocycles. The summed E-state index contributed by atoms with van der Waals surface area (Å²) in [5.74, 6) is -0.480. The number of rotatable bonds is 15. The molecule has 2 atom stereocenters. The highest BCUT2D eigenvalue weighted by molar-refractivity contribution is 7.91. The number of unbranched alkanes of at least 4 members (excludes halogenated alkanes) is 2. The molecule has 7 nitrogen and oxygen atoms in total. The van der Waals surface area contributed by atoms with Gasteiger partial charge >= 0.3 is 0 Å². The van der Waals surface area contributed by atoms with Gasteiger partial charge in [0.05, 0.1) is 29.8 Å². The second-order valence-electron chi connectivity index (χ2n) is 14.5. The summed E-state index contributed by atoms with van der Waals surface area (Å²) in [7, 11) is 0.305. The molecule has 0 unspecified atom stereocenters. The average Bonchev–Trinajstić information content (AvgIpc) is 3.16. The van der Waals surface area contributed by atoms with Crippen molar-refractivity contribution in [3.8, 4) is 0 Å². The number of fused-ring (bicyclic) bond motifs is 1. The van der Waals surface area contributed by atoms with E-state index in [2.05, 4.69) is 71.8 Å². The molecule has 1 saturated heterocycles. The first-order chi connectivity index (χ1) is 23.2. The van der Waals surface area contributed by atoms with E-state index in [1.807, 2.05) is 37.2 Å². The Bertz CT molecular complexity index is 1560. The highest BCUT2D eigenvalue weighted by Gasteiger charge is 2.49. The van der Waals surface area contributed by atoms with Crippen LogP contribution in [0.3, 0.4) is 0 Å². The van der Waals surface area contributed by atoms with Gasteiger partial charge in [0.2, 0.25) is 0 Å². The Labute approximate surface area is 290 Å². The van der Waals surface area contributed by atoms with Crippen molar-refractivity contribution in [3.63, 3.8) is 0 Å². The number of piperazine rings is 1. The predicted molar refractivity (Wildman–Crippen MR) is 199 cm³/mol. The number of aliphatic hydroxyl groups excluding tert-OH is 1. The zero-order chi connectivity index (χ0) is 34.1. The third-order valence-corrected chi connectivity index (χ3v) is 12.7. The van der Waals surface area contributed by atoms with Crippen LogP contribution in [0.4, 0.5) is 11.4 Å². The molecule has 8 heteroatoms. The maximum Gasteiger partial charge on any atom is 0.179 e. The maximum absolute atomic E-state index is 14.2. The van der Waals surface area contributed by atoms with E-state index in [0.29, 0.717) is 29.8 Å². The monoisotopic (exact) mass is 675 g/mol. The number of aliphatic hydroxyl groups is 1. The van der Waals surface area contributed by atoms with E-state index in [1.54, 1.807) is 6.07 Å². The molecule has 1 fully saturated rings. The molecular formula is C40H59N4O3S+. The van der Waals surface area contributed by atoms with Crippen LogP contribution in [0.1, 0.15) is 87.0 Å². The first-order valence-corrected chi connectivity index (χ1v) is 20.0. The molecule has 0 spiro atoms. The van der Waals surface area contributed by atoms with Crippen LogP contribution in [0.5, 0.6) is 0 Å². The maximum atomic E-state index is 14.2. The molecule has 2 aliphatic rings. The van der Waals surface area contributed by atoms with Crippen molar-refractivity contribution in [3.05, 3.63) is 89.0 Å². The number of nitrogens with zero attached hydrogens (tertiary/aromatic N) is 2. The lowest BCUT2D eigenvalue weighted by molar-refractivity contribution is -0.663. The molecule has 2 aliphatic heterocycles. The topological polar surface area (TPSA) is 89.5 Å². The lowest BCUT2D eigenvalue weighted by Gasteiger charge is -2.40. The SMILES string of the molecule is CCCCC1(CCCC)CS(=O)(=O)c2ccc(N(C)C)cc2[C@@H](c2cccc(NCc3ccc(CCCN4CC[NH2+]CC4)cc3)c2)[C@H]1O. The molecule has 0 amide bonds. The summed E-state index contributed by atoms with van der Waals surface area (Å²) in [6.07, 6.45) is 6.54. The highest BCUT2D eigenvalue weighted by Crippen LogP contribution is 2.50. The van der Waals surface area contributed by atoms with Crippen LogP contribution in [0.15, 0.2) is 71.6 Å². The van der Waals surface area contributed by atoms with E-state index in [9.17, 15) is 13.5 Å². The third kappa shape index (κ3) is 8.81. The molecule has 0 radical (unpaired) electrons. The van der Waals surface area contributed by atoms with Gasteiger partial charge in [-0.05, 0) is 84.8 Å². The Hall–Kier alpha value is -2.91. The number of aryl methyl sites for hydroxylation is 1. The van der Waals surface area contributed by atoms with Crippen LogP contribution in [-0.2, 0) is 22.8 Å². The second kappa shape index (κ2) is 16.7. The van der Waals surface area contributed by atoms with E-state index in [4.69, 9.17) is 0 Å². The zero-order valence-corrected chi connectivity index (χ0v) is 30.6. The Morgan fingerprint density at radius 1 is 0.917 bits per heavy atom. The van der Waals surface area contributed by atoms with Gasteiger partial charge in [-0.1, -0.05) is 75.9 Å². The van der Waals surface area contributed by atoms with Crippen molar-refractivity contribution in [1.29, 1.82) is 0 Å². The van der Waals surface area contributed by atoms with Gasteiger partial charge in [0.15, 0.2) is 9.84 Å². The fraction of sp³-hybridized carbons (Fsp3) is 0.550.